The van der Waals surface area contributed by atoms with Gasteiger partial charge in [0.1, 0.15) is 11.2 Å². The summed E-state index contributed by atoms with van der Waals surface area (Å²) < 4.78 is 5.21. The predicted octanol–water partition coefficient (Wildman–Crippen LogP) is 2.15. The van der Waals surface area contributed by atoms with Gasteiger partial charge < -0.3 is 9.73 Å². The van der Waals surface area contributed by atoms with E-state index < -0.39 is 0 Å². The average Bonchev–Trinajstić information content (AvgIpc) is 2.93. The Morgan fingerprint density at radius 3 is 3.00 bits per heavy atom. The molecule has 0 saturated carbocycles. The summed E-state index contributed by atoms with van der Waals surface area (Å²) in [6.45, 7) is 0.423. The van der Waals surface area contributed by atoms with E-state index in [0.717, 1.165) is 11.1 Å². The van der Waals surface area contributed by atoms with Crippen molar-refractivity contribution in [2.24, 2.45) is 0 Å². The van der Waals surface area contributed by atoms with Crippen LogP contribution in [-0.2, 0) is 6.54 Å². The van der Waals surface area contributed by atoms with Gasteiger partial charge in [0.05, 0.1) is 0 Å². The van der Waals surface area contributed by atoms with E-state index in [0.29, 0.717) is 17.8 Å². The third-order valence-electron chi connectivity index (χ3n) is 2.75. The lowest BCUT2D eigenvalue weighted by atomic mass is 10.2. The second kappa shape index (κ2) is 4.89. The number of benzene rings is 1. The Morgan fingerprint density at radius 2 is 2.16 bits per heavy atom. The van der Waals surface area contributed by atoms with Gasteiger partial charge in [0.2, 0.25) is 0 Å². The highest BCUT2D eigenvalue weighted by Crippen LogP contribution is 2.14. The van der Waals surface area contributed by atoms with Crippen LogP contribution in [-0.4, -0.2) is 15.9 Å². The zero-order valence-electron chi connectivity index (χ0n) is 10.0. The summed E-state index contributed by atoms with van der Waals surface area (Å²) in [5.41, 5.74) is 2.88. The second-order valence-corrected chi connectivity index (χ2v) is 4.05. The molecule has 0 saturated heterocycles. The van der Waals surface area contributed by atoms with Crippen LogP contribution in [0.2, 0.25) is 0 Å². The van der Waals surface area contributed by atoms with Gasteiger partial charge >= 0.3 is 0 Å². The molecule has 3 rings (SSSR count). The molecule has 1 amide bonds. The van der Waals surface area contributed by atoms with Crippen LogP contribution in [0.4, 0.5) is 0 Å². The van der Waals surface area contributed by atoms with Gasteiger partial charge in [-0.15, -0.1) is 0 Å². The molecule has 94 valence electrons. The number of nitrogens with zero attached hydrogens (tertiary/aromatic N) is 2. The van der Waals surface area contributed by atoms with Crippen molar-refractivity contribution in [2.75, 3.05) is 0 Å². The molecule has 1 N–H and O–H groups in total. The van der Waals surface area contributed by atoms with E-state index in [4.69, 9.17) is 4.42 Å². The lowest BCUT2D eigenvalue weighted by Crippen LogP contribution is -2.23. The third kappa shape index (κ3) is 2.44. The van der Waals surface area contributed by atoms with Crippen molar-refractivity contribution in [1.29, 1.82) is 0 Å². The molecule has 0 spiro atoms. The topological polar surface area (TPSA) is 68.0 Å². The SMILES string of the molecule is O=C(NCc1ccc2ncoc2c1)c1ccccn1. The number of fused-ring (bicyclic) bond motifs is 1. The standard InChI is InChI=1S/C14H11N3O2/c18-14(12-3-1-2-6-15-12)16-8-10-4-5-11-13(7-10)19-9-17-11/h1-7,9H,8H2,(H,16,18). The van der Waals surface area contributed by atoms with Gasteiger partial charge in [0, 0.05) is 12.7 Å². The molecule has 0 fully saturated rings. The predicted molar refractivity (Wildman–Crippen MR) is 69.4 cm³/mol. The number of carbonyl (C=O) groups excluding carboxylic acids is 1. The highest BCUT2D eigenvalue weighted by atomic mass is 16.3. The van der Waals surface area contributed by atoms with Crippen molar-refractivity contribution in [3.63, 3.8) is 0 Å². The number of rotatable bonds is 3. The molecule has 5 heteroatoms. The van der Waals surface area contributed by atoms with E-state index in [1.165, 1.54) is 6.39 Å². The van der Waals surface area contributed by atoms with Crippen LogP contribution in [0.3, 0.4) is 0 Å². The number of hydrogen-bond donors (Lipinski definition) is 1. The van der Waals surface area contributed by atoms with Gasteiger partial charge in [-0.25, -0.2) is 4.98 Å². The number of carbonyl (C=O) groups is 1. The number of aromatic nitrogens is 2. The largest absolute Gasteiger partial charge is 0.443 e. The first kappa shape index (κ1) is 11.4. The summed E-state index contributed by atoms with van der Waals surface area (Å²) in [7, 11) is 0. The zero-order chi connectivity index (χ0) is 13.1. The molecule has 0 radical (unpaired) electrons. The van der Waals surface area contributed by atoms with Crippen molar-refractivity contribution in [1.82, 2.24) is 15.3 Å². The van der Waals surface area contributed by atoms with Crippen molar-refractivity contribution in [3.8, 4) is 0 Å². The fourth-order valence-corrected chi connectivity index (χ4v) is 1.78. The molecule has 19 heavy (non-hydrogen) atoms. The Bertz CT molecular complexity index is 707. The van der Waals surface area contributed by atoms with Gasteiger partial charge in [0.15, 0.2) is 12.0 Å². The van der Waals surface area contributed by atoms with Crippen LogP contribution >= 0.6 is 0 Å². The average molecular weight is 253 g/mol. The first-order valence-electron chi connectivity index (χ1n) is 5.84. The minimum absolute atomic E-state index is 0.196. The minimum atomic E-state index is -0.196. The van der Waals surface area contributed by atoms with Gasteiger partial charge in [0.25, 0.3) is 5.91 Å². The molecule has 2 aromatic heterocycles. The summed E-state index contributed by atoms with van der Waals surface area (Å²) in [6, 6.07) is 10.9. The fourth-order valence-electron chi connectivity index (χ4n) is 1.78. The van der Waals surface area contributed by atoms with Crippen LogP contribution in [0.15, 0.2) is 53.4 Å². The molecule has 0 aliphatic heterocycles. The number of nitrogens with one attached hydrogen (secondary N) is 1. The van der Waals surface area contributed by atoms with Gasteiger partial charge in [-0.2, -0.15) is 0 Å². The van der Waals surface area contributed by atoms with Crippen LogP contribution in [0.5, 0.6) is 0 Å². The Balaban J connectivity index is 1.70. The maximum absolute atomic E-state index is 11.8. The van der Waals surface area contributed by atoms with E-state index in [1.807, 2.05) is 18.2 Å². The van der Waals surface area contributed by atoms with Crippen molar-refractivity contribution < 1.29 is 9.21 Å². The second-order valence-electron chi connectivity index (χ2n) is 4.05. The van der Waals surface area contributed by atoms with Crippen molar-refractivity contribution >= 4 is 17.0 Å². The third-order valence-corrected chi connectivity index (χ3v) is 2.75. The highest BCUT2D eigenvalue weighted by molar-refractivity contribution is 5.92. The molecule has 3 aromatic rings. The van der Waals surface area contributed by atoms with Crippen molar-refractivity contribution in [3.05, 3.63) is 60.2 Å². The van der Waals surface area contributed by atoms with Gasteiger partial charge in [-0.1, -0.05) is 12.1 Å². The van der Waals surface area contributed by atoms with Crippen molar-refractivity contribution in [2.45, 2.75) is 6.54 Å². The minimum Gasteiger partial charge on any atom is -0.443 e. The molecule has 0 unspecified atom stereocenters. The molecule has 0 aliphatic rings. The van der Waals surface area contributed by atoms with Crippen LogP contribution in [0.1, 0.15) is 16.1 Å². The Hall–Kier alpha value is -2.69. The first-order chi connectivity index (χ1) is 9.33. The monoisotopic (exact) mass is 253 g/mol. The van der Waals surface area contributed by atoms with Gasteiger partial charge in [-0.3, -0.25) is 9.78 Å². The molecule has 0 aliphatic carbocycles. The van der Waals surface area contributed by atoms with Crippen LogP contribution < -0.4 is 5.32 Å². The summed E-state index contributed by atoms with van der Waals surface area (Å²) in [5.74, 6) is -0.196. The Labute approximate surface area is 109 Å². The maximum Gasteiger partial charge on any atom is 0.270 e. The quantitative estimate of drug-likeness (QED) is 0.776. The Morgan fingerprint density at radius 1 is 1.21 bits per heavy atom. The van der Waals surface area contributed by atoms with Crippen LogP contribution in [0.25, 0.3) is 11.1 Å². The molecule has 0 bridgehead atoms. The molecular weight excluding hydrogens is 242 g/mol. The fraction of sp³-hybridized carbons (Fsp3) is 0.0714. The molecule has 1 aromatic carbocycles. The number of hydrogen-bond acceptors (Lipinski definition) is 4. The molecule has 5 nitrogen and oxygen atoms in total. The lowest BCUT2D eigenvalue weighted by molar-refractivity contribution is 0.0946. The summed E-state index contributed by atoms with van der Waals surface area (Å²) in [6.07, 6.45) is 3.00. The Kier molecular flexibility index (Phi) is 2.94. The zero-order valence-corrected chi connectivity index (χ0v) is 10.0. The van der Waals surface area contributed by atoms with E-state index in [1.54, 1.807) is 24.4 Å². The molecule has 2 heterocycles. The van der Waals surface area contributed by atoms with E-state index in [9.17, 15) is 4.79 Å². The molecular formula is C14H11N3O2. The number of oxazole rings is 1. The summed E-state index contributed by atoms with van der Waals surface area (Å²) >= 11 is 0. The van der Waals surface area contributed by atoms with E-state index in [-0.39, 0.29) is 5.91 Å². The van der Waals surface area contributed by atoms with E-state index in [2.05, 4.69) is 15.3 Å². The van der Waals surface area contributed by atoms with Gasteiger partial charge in [-0.05, 0) is 29.8 Å². The number of pyridine rings is 1. The van der Waals surface area contributed by atoms with E-state index >= 15 is 0 Å². The maximum atomic E-state index is 11.8. The first-order valence-corrected chi connectivity index (χ1v) is 5.84. The normalized spacial score (nSPS) is 10.5. The number of amides is 1. The summed E-state index contributed by atoms with van der Waals surface area (Å²) in [4.78, 5) is 19.9. The highest BCUT2D eigenvalue weighted by Gasteiger charge is 2.06. The molecule has 0 atom stereocenters. The van der Waals surface area contributed by atoms with Crippen LogP contribution in [0, 0.1) is 0 Å². The smallest absolute Gasteiger partial charge is 0.270 e. The summed E-state index contributed by atoms with van der Waals surface area (Å²) in [5, 5.41) is 2.81. The lowest BCUT2D eigenvalue weighted by Gasteiger charge is -2.04.